The van der Waals surface area contributed by atoms with Gasteiger partial charge in [-0.25, -0.2) is 4.79 Å². The Hall–Kier alpha value is -2.46. The van der Waals surface area contributed by atoms with Crippen molar-refractivity contribution in [1.82, 2.24) is 0 Å². The first-order chi connectivity index (χ1) is 11.1. The molecular weight excluding hydrogens is 292 g/mol. The van der Waals surface area contributed by atoms with Crippen molar-refractivity contribution in [2.24, 2.45) is 5.92 Å². The largest absolute Gasteiger partial charge is 0.478 e. The molecule has 1 aliphatic rings. The Bertz CT molecular complexity index is 712. The van der Waals surface area contributed by atoms with Gasteiger partial charge in [0.2, 0.25) is 0 Å². The summed E-state index contributed by atoms with van der Waals surface area (Å²) in [6, 6.07) is 14.2. The average Bonchev–Trinajstić information content (AvgIpc) is 2.62. The van der Waals surface area contributed by atoms with E-state index < -0.39 is 5.97 Å². The normalized spacial score (nSPS) is 15.3. The molecule has 0 unspecified atom stereocenters. The molecule has 4 heteroatoms. The van der Waals surface area contributed by atoms with Gasteiger partial charge in [0.1, 0.15) is 0 Å². The van der Waals surface area contributed by atoms with Crippen LogP contribution < -0.4 is 0 Å². The number of carboxylic acid groups (broad SMARTS) is 1. The molecule has 0 saturated carbocycles. The van der Waals surface area contributed by atoms with Gasteiger partial charge in [-0.1, -0.05) is 30.3 Å². The number of carbonyl (C=O) groups excluding carboxylic acids is 1. The van der Waals surface area contributed by atoms with E-state index in [9.17, 15) is 9.59 Å². The molecule has 0 bridgehead atoms. The minimum Gasteiger partial charge on any atom is -0.478 e. The first kappa shape index (κ1) is 15.4. The summed E-state index contributed by atoms with van der Waals surface area (Å²) >= 11 is 0. The van der Waals surface area contributed by atoms with Gasteiger partial charge in [0.05, 0.1) is 5.56 Å². The maximum absolute atomic E-state index is 12.6. The average molecular weight is 310 g/mol. The quantitative estimate of drug-likeness (QED) is 0.875. The van der Waals surface area contributed by atoms with Crippen molar-refractivity contribution in [2.45, 2.75) is 12.8 Å². The Morgan fingerprint density at radius 2 is 1.61 bits per heavy atom. The van der Waals surface area contributed by atoms with Crippen molar-refractivity contribution < 1.29 is 19.4 Å². The van der Waals surface area contributed by atoms with Crippen LogP contribution in [-0.4, -0.2) is 30.1 Å². The van der Waals surface area contributed by atoms with Crippen LogP contribution >= 0.6 is 0 Å². The lowest BCUT2D eigenvalue weighted by Crippen LogP contribution is -2.23. The minimum absolute atomic E-state index is 0.0355. The second-order valence-corrected chi connectivity index (χ2v) is 5.71. The zero-order chi connectivity index (χ0) is 16.2. The number of aromatic carboxylic acids is 1. The molecule has 1 saturated heterocycles. The molecule has 1 aliphatic heterocycles. The molecule has 0 amide bonds. The lowest BCUT2D eigenvalue weighted by molar-refractivity contribution is 0.0545. The number of carboxylic acids is 1. The number of hydrogen-bond donors (Lipinski definition) is 1. The number of hydrogen-bond acceptors (Lipinski definition) is 3. The van der Waals surface area contributed by atoms with Gasteiger partial charge in [-0.15, -0.1) is 0 Å². The SMILES string of the molecule is O=C(O)c1ccc(-c2cccc(C(=O)C3CCOCC3)c2)cc1. The van der Waals surface area contributed by atoms with Crippen molar-refractivity contribution >= 4 is 11.8 Å². The van der Waals surface area contributed by atoms with Crippen molar-refractivity contribution in [3.05, 3.63) is 59.7 Å². The standard InChI is InChI=1S/C19H18O4/c20-18(14-8-10-23-11-9-14)17-3-1-2-16(12-17)13-4-6-15(7-5-13)19(21)22/h1-7,12,14H,8-11H2,(H,21,22). The fraction of sp³-hybridized carbons (Fsp3) is 0.263. The molecule has 0 atom stereocenters. The zero-order valence-electron chi connectivity index (χ0n) is 12.7. The molecule has 1 fully saturated rings. The second kappa shape index (κ2) is 6.75. The summed E-state index contributed by atoms with van der Waals surface area (Å²) < 4.78 is 5.31. The van der Waals surface area contributed by atoms with Crippen LogP contribution in [0.25, 0.3) is 11.1 Å². The summed E-state index contributed by atoms with van der Waals surface area (Å²) in [6.45, 7) is 1.29. The Balaban J connectivity index is 1.84. The molecule has 0 spiro atoms. The number of Topliss-reactive ketones (excluding diaryl/α,β-unsaturated/α-hetero) is 1. The third-order valence-corrected chi connectivity index (χ3v) is 4.20. The van der Waals surface area contributed by atoms with Gasteiger partial charge in [-0.05, 0) is 42.2 Å². The Morgan fingerprint density at radius 3 is 2.26 bits per heavy atom. The molecule has 1 N–H and O–H groups in total. The van der Waals surface area contributed by atoms with Gasteiger partial charge in [0.15, 0.2) is 5.78 Å². The number of carbonyl (C=O) groups is 2. The molecule has 23 heavy (non-hydrogen) atoms. The Morgan fingerprint density at radius 1 is 0.913 bits per heavy atom. The van der Waals surface area contributed by atoms with E-state index in [0.29, 0.717) is 18.8 Å². The van der Waals surface area contributed by atoms with Crippen LogP contribution in [0.1, 0.15) is 33.6 Å². The molecule has 2 aromatic rings. The van der Waals surface area contributed by atoms with E-state index in [2.05, 4.69) is 0 Å². The van der Waals surface area contributed by atoms with Gasteiger partial charge in [0.25, 0.3) is 0 Å². The Kier molecular flexibility index (Phi) is 4.53. The van der Waals surface area contributed by atoms with Gasteiger partial charge in [-0.2, -0.15) is 0 Å². The molecule has 1 heterocycles. The van der Waals surface area contributed by atoms with Crippen LogP contribution in [-0.2, 0) is 4.74 Å². The summed E-state index contributed by atoms with van der Waals surface area (Å²) in [6.07, 6.45) is 1.55. The molecule has 0 radical (unpaired) electrons. The van der Waals surface area contributed by atoms with Crippen LogP contribution in [0, 0.1) is 5.92 Å². The molecule has 2 aromatic carbocycles. The highest BCUT2D eigenvalue weighted by atomic mass is 16.5. The van der Waals surface area contributed by atoms with E-state index in [0.717, 1.165) is 24.0 Å². The van der Waals surface area contributed by atoms with E-state index in [4.69, 9.17) is 9.84 Å². The highest BCUT2D eigenvalue weighted by Gasteiger charge is 2.22. The van der Waals surface area contributed by atoms with Crippen LogP contribution in [0.4, 0.5) is 0 Å². The summed E-state index contributed by atoms with van der Waals surface area (Å²) in [7, 11) is 0. The first-order valence-corrected chi connectivity index (χ1v) is 7.71. The molecule has 3 rings (SSSR count). The predicted molar refractivity (Wildman–Crippen MR) is 86.7 cm³/mol. The van der Waals surface area contributed by atoms with Crippen molar-refractivity contribution in [3.63, 3.8) is 0 Å². The molecule has 4 nitrogen and oxygen atoms in total. The number of rotatable bonds is 4. The van der Waals surface area contributed by atoms with Gasteiger partial charge in [0, 0.05) is 24.7 Å². The maximum atomic E-state index is 12.6. The van der Waals surface area contributed by atoms with Gasteiger partial charge >= 0.3 is 5.97 Å². The smallest absolute Gasteiger partial charge is 0.335 e. The van der Waals surface area contributed by atoms with Gasteiger partial charge in [-0.3, -0.25) is 4.79 Å². The minimum atomic E-state index is -0.944. The van der Waals surface area contributed by atoms with E-state index in [1.165, 1.54) is 0 Å². The zero-order valence-corrected chi connectivity index (χ0v) is 12.7. The monoisotopic (exact) mass is 310 g/mol. The lowest BCUT2D eigenvalue weighted by atomic mass is 9.89. The predicted octanol–water partition coefficient (Wildman–Crippen LogP) is 3.66. The third-order valence-electron chi connectivity index (χ3n) is 4.20. The topological polar surface area (TPSA) is 63.6 Å². The highest BCUT2D eigenvalue weighted by molar-refractivity contribution is 5.99. The summed E-state index contributed by atoms with van der Waals surface area (Å²) in [5.41, 5.74) is 2.77. The van der Waals surface area contributed by atoms with Crippen LogP contribution in [0.3, 0.4) is 0 Å². The molecule has 0 aliphatic carbocycles. The maximum Gasteiger partial charge on any atom is 0.335 e. The van der Waals surface area contributed by atoms with Crippen LogP contribution in [0.15, 0.2) is 48.5 Å². The second-order valence-electron chi connectivity index (χ2n) is 5.71. The van der Waals surface area contributed by atoms with E-state index in [1.807, 2.05) is 24.3 Å². The van der Waals surface area contributed by atoms with Crippen LogP contribution in [0.2, 0.25) is 0 Å². The summed E-state index contributed by atoms with van der Waals surface area (Å²) in [5.74, 6) is -0.745. The van der Waals surface area contributed by atoms with E-state index in [-0.39, 0.29) is 17.3 Å². The lowest BCUT2D eigenvalue weighted by Gasteiger charge is -2.21. The van der Waals surface area contributed by atoms with E-state index in [1.54, 1.807) is 24.3 Å². The van der Waals surface area contributed by atoms with E-state index >= 15 is 0 Å². The molecule has 118 valence electrons. The number of ether oxygens (including phenoxy) is 1. The fourth-order valence-electron chi connectivity index (χ4n) is 2.85. The van der Waals surface area contributed by atoms with Crippen LogP contribution in [0.5, 0.6) is 0 Å². The number of benzene rings is 2. The van der Waals surface area contributed by atoms with Crippen molar-refractivity contribution in [1.29, 1.82) is 0 Å². The van der Waals surface area contributed by atoms with Crippen molar-refractivity contribution in [3.8, 4) is 11.1 Å². The molecular formula is C19H18O4. The third kappa shape index (κ3) is 3.48. The number of ketones is 1. The fourth-order valence-corrected chi connectivity index (χ4v) is 2.85. The first-order valence-electron chi connectivity index (χ1n) is 7.71. The highest BCUT2D eigenvalue weighted by Crippen LogP contribution is 2.25. The molecule has 0 aromatic heterocycles. The summed E-state index contributed by atoms with van der Waals surface area (Å²) in [4.78, 5) is 23.5. The summed E-state index contributed by atoms with van der Waals surface area (Å²) in [5, 5.41) is 8.95. The Labute approximate surface area is 134 Å². The van der Waals surface area contributed by atoms with Crippen molar-refractivity contribution in [2.75, 3.05) is 13.2 Å². The van der Waals surface area contributed by atoms with Gasteiger partial charge < -0.3 is 9.84 Å².